The van der Waals surface area contributed by atoms with Crippen molar-refractivity contribution in [1.82, 2.24) is 0 Å². The molecular weight excluding hydrogens is 370 g/mol. The van der Waals surface area contributed by atoms with Gasteiger partial charge in [0.2, 0.25) is 0 Å². The summed E-state index contributed by atoms with van der Waals surface area (Å²) in [5.74, 6) is -0.466. The highest BCUT2D eigenvalue weighted by molar-refractivity contribution is 6.31. The molecule has 0 radical (unpaired) electrons. The zero-order valence-corrected chi connectivity index (χ0v) is 15.2. The van der Waals surface area contributed by atoms with Crippen molar-refractivity contribution in [2.24, 2.45) is 0 Å². The number of amides is 1. The lowest BCUT2D eigenvalue weighted by Gasteiger charge is -2.11. The number of hydrogen-bond donors (Lipinski definition) is 1. The van der Waals surface area contributed by atoms with Crippen molar-refractivity contribution in [3.63, 3.8) is 0 Å². The molecule has 0 saturated carbocycles. The third kappa shape index (κ3) is 4.68. The van der Waals surface area contributed by atoms with E-state index in [0.717, 1.165) is 11.1 Å². The van der Waals surface area contributed by atoms with Crippen LogP contribution >= 0.6 is 11.6 Å². The fraction of sp³-hybridized carbons (Fsp3) is 0.100. The number of carbonyl (C=O) groups is 2. The average molecular weight is 386 g/mol. The summed E-state index contributed by atoms with van der Waals surface area (Å²) in [5.41, 5.74) is 2.40. The number of furan rings is 1. The molecule has 0 spiro atoms. The Morgan fingerprint density at radius 1 is 1.07 bits per heavy atom. The smallest absolute Gasteiger partial charge is 0.340 e. The first-order valence-electron chi connectivity index (χ1n) is 8.00. The van der Waals surface area contributed by atoms with Crippen molar-refractivity contribution in [1.29, 1.82) is 0 Å². The molecule has 0 fully saturated rings. The molecule has 0 unspecified atom stereocenters. The third-order valence-corrected chi connectivity index (χ3v) is 3.97. The maximum absolute atomic E-state index is 12.2. The van der Waals surface area contributed by atoms with Gasteiger partial charge in [-0.15, -0.1) is 0 Å². The van der Waals surface area contributed by atoms with Crippen LogP contribution in [0.4, 0.5) is 5.69 Å². The van der Waals surface area contributed by atoms with E-state index in [0.29, 0.717) is 16.5 Å². The lowest BCUT2D eigenvalue weighted by atomic mass is 10.1. The first kappa shape index (κ1) is 18.5. The van der Waals surface area contributed by atoms with Gasteiger partial charge >= 0.3 is 5.97 Å². The fourth-order valence-corrected chi connectivity index (χ4v) is 2.58. The number of benzene rings is 2. The first-order valence-corrected chi connectivity index (χ1v) is 8.38. The van der Waals surface area contributed by atoms with E-state index in [1.807, 2.05) is 18.2 Å². The Balaban J connectivity index is 1.61. The molecule has 1 amide bonds. The van der Waals surface area contributed by atoms with Crippen LogP contribution in [0.5, 0.6) is 5.75 Å². The Kier molecular flexibility index (Phi) is 5.78. The van der Waals surface area contributed by atoms with E-state index in [1.165, 1.54) is 19.2 Å². The van der Waals surface area contributed by atoms with Crippen molar-refractivity contribution in [3.8, 4) is 16.9 Å². The summed E-state index contributed by atoms with van der Waals surface area (Å²) in [5, 5.41) is 2.98. The number of nitrogens with one attached hydrogen (secondary N) is 1. The number of hydrogen-bond acceptors (Lipinski definition) is 5. The summed E-state index contributed by atoms with van der Waals surface area (Å²) in [6.45, 7) is -0.214. The Bertz CT molecular complexity index is 936. The molecule has 0 saturated heterocycles. The van der Waals surface area contributed by atoms with Gasteiger partial charge in [0.05, 0.1) is 30.9 Å². The molecule has 138 valence electrons. The van der Waals surface area contributed by atoms with Crippen molar-refractivity contribution >= 4 is 29.2 Å². The number of methoxy groups -OCH3 is 1. The normalized spacial score (nSPS) is 10.3. The lowest BCUT2D eigenvalue weighted by Crippen LogP contribution is -2.21. The van der Waals surface area contributed by atoms with Crippen LogP contribution in [0.2, 0.25) is 5.02 Å². The second-order valence-electron chi connectivity index (χ2n) is 5.55. The van der Waals surface area contributed by atoms with E-state index in [1.54, 1.807) is 30.7 Å². The van der Waals surface area contributed by atoms with E-state index in [4.69, 9.17) is 25.5 Å². The van der Waals surface area contributed by atoms with E-state index >= 15 is 0 Å². The monoisotopic (exact) mass is 385 g/mol. The summed E-state index contributed by atoms with van der Waals surface area (Å²) in [7, 11) is 1.26. The molecule has 1 aromatic heterocycles. The molecule has 0 aliphatic rings. The zero-order valence-electron chi connectivity index (χ0n) is 14.4. The van der Waals surface area contributed by atoms with Gasteiger partial charge in [-0.2, -0.15) is 0 Å². The highest BCUT2D eigenvalue weighted by atomic mass is 35.5. The number of ether oxygens (including phenoxy) is 2. The molecule has 0 bridgehead atoms. The second-order valence-corrected chi connectivity index (χ2v) is 5.99. The topological polar surface area (TPSA) is 77.8 Å². The summed E-state index contributed by atoms with van der Waals surface area (Å²) >= 11 is 5.89. The Morgan fingerprint density at radius 2 is 1.85 bits per heavy atom. The summed E-state index contributed by atoms with van der Waals surface area (Å²) in [6.07, 6.45) is 3.25. The quantitative estimate of drug-likeness (QED) is 0.636. The second kappa shape index (κ2) is 8.42. The van der Waals surface area contributed by atoms with Gasteiger partial charge in [0.25, 0.3) is 5.91 Å². The van der Waals surface area contributed by atoms with Crippen LogP contribution in [0.25, 0.3) is 11.1 Å². The number of halogens is 1. The van der Waals surface area contributed by atoms with Crippen molar-refractivity contribution < 1.29 is 23.5 Å². The van der Waals surface area contributed by atoms with Gasteiger partial charge < -0.3 is 19.2 Å². The van der Waals surface area contributed by atoms with Gasteiger partial charge in [0.15, 0.2) is 6.61 Å². The predicted octanol–water partition coefficient (Wildman–Crippen LogP) is 4.40. The molecule has 7 heteroatoms. The molecule has 0 aliphatic heterocycles. The van der Waals surface area contributed by atoms with Crippen LogP contribution in [0.1, 0.15) is 10.4 Å². The molecule has 2 aromatic carbocycles. The van der Waals surface area contributed by atoms with E-state index in [9.17, 15) is 9.59 Å². The first-order chi connectivity index (χ1) is 13.1. The van der Waals surface area contributed by atoms with E-state index in [-0.39, 0.29) is 12.2 Å². The number of rotatable bonds is 6. The Morgan fingerprint density at radius 3 is 2.52 bits per heavy atom. The number of carbonyl (C=O) groups excluding carboxylic acids is 2. The maximum Gasteiger partial charge on any atom is 0.340 e. The van der Waals surface area contributed by atoms with Crippen LogP contribution in [0, 0.1) is 0 Å². The van der Waals surface area contributed by atoms with E-state index in [2.05, 4.69) is 5.32 Å². The average Bonchev–Trinajstić information content (AvgIpc) is 3.22. The standard InChI is InChI=1S/C20H16ClNO5/c1-25-20(24)17-10-15(21)4-7-18(17)22-19(23)12-27-16-5-2-13(3-6-16)14-8-9-26-11-14/h2-11H,12H2,1H3,(H,22,23). The van der Waals surface area contributed by atoms with Crippen molar-refractivity contribution in [2.75, 3.05) is 19.0 Å². The Labute approximate surface area is 160 Å². The Hall–Kier alpha value is -3.25. The molecule has 0 aliphatic carbocycles. The lowest BCUT2D eigenvalue weighted by molar-refractivity contribution is -0.118. The number of anilines is 1. The van der Waals surface area contributed by atoms with Crippen LogP contribution in [-0.4, -0.2) is 25.6 Å². The highest BCUT2D eigenvalue weighted by Gasteiger charge is 2.15. The molecule has 27 heavy (non-hydrogen) atoms. The largest absolute Gasteiger partial charge is 0.484 e. The molecule has 6 nitrogen and oxygen atoms in total. The van der Waals surface area contributed by atoms with Crippen molar-refractivity contribution in [2.45, 2.75) is 0 Å². The molecular formula is C20H16ClNO5. The minimum absolute atomic E-state index is 0.169. The molecule has 0 atom stereocenters. The van der Waals surface area contributed by atoms with Gasteiger partial charge in [-0.05, 0) is 42.0 Å². The van der Waals surface area contributed by atoms with Crippen molar-refractivity contribution in [3.05, 3.63) is 71.6 Å². The van der Waals surface area contributed by atoms with Crippen LogP contribution < -0.4 is 10.1 Å². The van der Waals surface area contributed by atoms with Gasteiger partial charge in [-0.3, -0.25) is 4.79 Å². The third-order valence-electron chi connectivity index (χ3n) is 3.74. The highest BCUT2D eigenvalue weighted by Crippen LogP contribution is 2.23. The molecule has 1 N–H and O–H groups in total. The van der Waals surface area contributed by atoms with Crippen LogP contribution in [0.15, 0.2) is 65.5 Å². The SMILES string of the molecule is COC(=O)c1cc(Cl)ccc1NC(=O)COc1ccc(-c2ccoc2)cc1. The van der Waals surface area contributed by atoms with Gasteiger partial charge in [-0.1, -0.05) is 23.7 Å². The molecule has 3 rings (SSSR count). The minimum Gasteiger partial charge on any atom is -0.484 e. The fourth-order valence-electron chi connectivity index (χ4n) is 2.41. The summed E-state index contributed by atoms with van der Waals surface area (Å²) in [4.78, 5) is 24.0. The van der Waals surface area contributed by atoms with Crippen LogP contribution in [-0.2, 0) is 9.53 Å². The minimum atomic E-state index is -0.594. The van der Waals surface area contributed by atoms with Crippen LogP contribution in [0.3, 0.4) is 0 Å². The number of esters is 1. The van der Waals surface area contributed by atoms with Gasteiger partial charge in [-0.25, -0.2) is 4.79 Å². The summed E-state index contributed by atoms with van der Waals surface area (Å²) < 4.78 is 15.2. The predicted molar refractivity (Wildman–Crippen MR) is 101 cm³/mol. The summed E-state index contributed by atoms with van der Waals surface area (Å²) in [6, 6.07) is 13.6. The van der Waals surface area contributed by atoms with Gasteiger partial charge in [0.1, 0.15) is 5.75 Å². The van der Waals surface area contributed by atoms with Gasteiger partial charge in [0, 0.05) is 10.6 Å². The maximum atomic E-state index is 12.2. The molecule has 3 aromatic rings. The molecule has 1 heterocycles. The zero-order chi connectivity index (χ0) is 19.2. The van der Waals surface area contributed by atoms with E-state index < -0.39 is 11.9 Å².